The van der Waals surface area contributed by atoms with Crippen LogP contribution in [0.15, 0.2) is 18.3 Å². The van der Waals surface area contributed by atoms with Gasteiger partial charge in [0, 0.05) is 31.9 Å². The first kappa shape index (κ1) is 22.4. The molecule has 0 aliphatic carbocycles. The molecule has 34 heavy (non-hydrogen) atoms. The number of rotatable bonds is 6. The van der Waals surface area contributed by atoms with Crippen LogP contribution in [0, 0.1) is 6.92 Å². The van der Waals surface area contributed by atoms with E-state index in [-0.39, 0.29) is 6.04 Å². The van der Waals surface area contributed by atoms with Crippen molar-refractivity contribution in [2.45, 2.75) is 38.5 Å². The summed E-state index contributed by atoms with van der Waals surface area (Å²) in [6.07, 6.45) is -1.13. The van der Waals surface area contributed by atoms with Crippen LogP contribution in [0.4, 0.5) is 24.9 Å². The molecular weight excluding hydrogens is 447 g/mol. The normalized spacial score (nSPS) is 19.4. The number of nitrogens with zero attached hydrogens (tertiary/aromatic N) is 6. The number of fused-ring (bicyclic) bond motifs is 2. The van der Waals surface area contributed by atoms with Crippen LogP contribution in [-0.4, -0.2) is 80.2 Å². The second-order valence-corrected chi connectivity index (χ2v) is 8.59. The molecule has 180 valence electrons. The molecule has 0 aromatic carbocycles. The van der Waals surface area contributed by atoms with Crippen LogP contribution in [0.5, 0.6) is 0 Å². The van der Waals surface area contributed by atoms with Crippen molar-refractivity contribution < 1.29 is 13.2 Å². The maximum atomic E-state index is 14.5. The van der Waals surface area contributed by atoms with Crippen LogP contribution < -0.4 is 10.6 Å². The van der Waals surface area contributed by atoms with Gasteiger partial charge in [-0.15, -0.1) is 0 Å². The summed E-state index contributed by atoms with van der Waals surface area (Å²) in [5, 5.41) is 6.93. The quantitative estimate of drug-likeness (QED) is 0.395. The van der Waals surface area contributed by atoms with E-state index in [0.29, 0.717) is 58.4 Å². The van der Waals surface area contributed by atoms with E-state index >= 15 is 0 Å². The number of piperidine rings is 1. The molecule has 5 rings (SSSR count). The molecule has 3 N–H and O–H groups in total. The minimum Gasteiger partial charge on any atom is -0.372 e. The summed E-state index contributed by atoms with van der Waals surface area (Å²) in [6, 6.07) is 3.19. The Kier molecular flexibility index (Phi) is 5.76. The van der Waals surface area contributed by atoms with E-state index in [0.717, 1.165) is 12.1 Å². The summed E-state index contributed by atoms with van der Waals surface area (Å²) in [7, 11) is 3.64. The maximum absolute atomic E-state index is 14.5. The van der Waals surface area contributed by atoms with Gasteiger partial charge in [-0.1, -0.05) is 0 Å². The van der Waals surface area contributed by atoms with E-state index in [1.165, 1.54) is 4.57 Å². The number of H-pyrrole nitrogens is 1. The van der Waals surface area contributed by atoms with Crippen LogP contribution in [0.3, 0.4) is 0 Å². The average Bonchev–Trinajstić information content (AvgIpc) is 3.35. The fourth-order valence-corrected chi connectivity index (χ4v) is 4.49. The van der Waals surface area contributed by atoms with Gasteiger partial charge >= 0.3 is 0 Å². The molecule has 12 heteroatoms. The fourth-order valence-electron chi connectivity index (χ4n) is 4.49. The number of pyridine rings is 1. The number of hydrogen-bond donors (Lipinski definition) is 3. The highest BCUT2D eigenvalue weighted by molar-refractivity contribution is 6.01. The molecule has 1 saturated heterocycles. The molecule has 0 radical (unpaired) electrons. The van der Waals surface area contributed by atoms with Crippen LogP contribution in [0.1, 0.15) is 12.2 Å². The van der Waals surface area contributed by atoms with E-state index in [1.54, 1.807) is 32.3 Å². The summed E-state index contributed by atoms with van der Waals surface area (Å²) < 4.78 is 42.1. The summed E-state index contributed by atoms with van der Waals surface area (Å²) in [4.78, 5) is 23.2. The third kappa shape index (κ3) is 4.02. The maximum Gasteiger partial charge on any atom is 0.256 e. The number of aromatic amines is 1. The molecule has 0 bridgehead atoms. The number of nitrogens with one attached hydrogen (secondary N) is 3. The topological polar surface area (TPSA) is 99.6 Å². The molecule has 4 aromatic rings. The molecule has 0 amide bonds. The first-order chi connectivity index (χ1) is 16.3. The molecule has 4 aromatic heterocycles. The van der Waals surface area contributed by atoms with Gasteiger partial charge in [-0.25, -0.2) is 23.1 Å². The van der Waals surface area contributed by atoms with Crippen molar-refractivity contribution >= 4 is 34.0 Å². The predicted molar refractivity (Wildman–Crippen MR) is 125 cm³/mol. The number of hydrogen-bond acceptors (Lipinski definition) is 7. The Morgan fingerprint density at radius 1 is 1.21 bits per heavy atom. The molecule has 0 unspecified atom stereocenters. The Morgan fingerprint density at radius 3 is 2.76 bits per heavy atom. The summed E-state index contributed by atoms with van der Waals surface area (Å²) in [6.45, 7) is 2.37. The molecule has 1 aliphatic heterocycles. The predicted octanol–water partition coefficient (Wildman–Crippen LogP) is 3.44. The van der Waals surface area contributed by atoms with Crippen molar-refractivity contribution in [3.8, 4) is 11.3 Å². The van der Waals surface area contributed by atoms with Crippen molar-refractivity contribution in [3.05, 3.63) is 24.2 Å². The first-order valence-electron chi connectivity index (χ1n) is 11.1. The fraction of sp³-hybridized carbons (Fsp3) is 0.455. The van der Waals surface area contributed by atoms with Crippen LogP contribution in [0.2, 0.25) is 0 Å². The highest BCUT2D eigenvalue weighted by Crippen LogP contribution is 2.33. The Morgan fingerprint density at radius 2 is 2.03 bits per heavy atom. The highest BCUT2D eigenvalue weighted by atomic mass is 19.3. The van der Waals surface area contributed by atoms with Crippen molar-refractivity contribution in [2.24, 2.45) is 0 Å². The molecule has 1 fully saturated rings. The van der Waals surface area contributed by atoms with E-state index in [1.807, 2.05) is 11.9 Å². The van der Waals surface area contributed by atoms with Crippen LogP contribution >= 0.6 is 0 Å². The first-order valence-corrected chi connectivity index (χ1v) is 11.1. The van der Waals surface area contributed by atoms with Gasteiger partial charge in [0.1, 0.15) is 29.0 Å². The summed E-state index contributed by atoms with van der Waals surface area (Å²) >= 11 is 0. The number of halogens is 3. The van der Waals surface area contributed by atoms with Crippen molar-refractivity contribution in [1.29, 1.82) is 0 Å². The molecule has 5 heterocycles. The van der Waals surface area contributed by atoms with Gasteiger partial charge in [0.05, 0.1) is 23.7 Å². The second kappa shape index (κ2) is 8.75. The van der Waals surface area contributed by atoms with Crippen LogP contribution in [0.25, 0.3) is 33.5 Å². The summed E-state index contributed by atoms with van der Waals surface area (Å²) in [5.74, 6) is 1.36. The zero-order valence-corrected chi connectivity index (χ0v) is 19.1. The minimum atomic E-state index is -2.52. The molecule has 0 spiro atoms. The van der Waals surface area contributed by atoms with Crippen molar-refractivity contribution in [3.63, 3.8) is 0 Å². The van der Waals surface area contributed by atoms with E-state index in [9.17, 15) is 13.2 Å². The average molecular weight is 474 g/mol. The lowest BCUT2D eigenvalue weighted by Crippen LogP contribution is -2.46. The monoisotopic (exact) mass is 473 g/mol. The molecular formula is C22H26F3N9. The number of imidazole rings is 1. The van der Waals surface area contributed by atoms with E-state index in [2.05, 4.69) is 35.6 Å². The van der Waals surface area contributed by atoms with Gasteiger partial charge in [-0.2, -0.15) is 9.97 Å². The van der Waals surface area contributed by atoms with Gasteiger partial charge in [-0.05, 0) is 32.5 Å². The van der Waals surface area contributed by atoms with E-state index in [4.69, 9.17) is 0 Å². The van der Waals surface area contributed by atoms with E-state index < -0.39 is 19.1 Å². The number of likely N-dealkylation sites (tertiary alicyclic amines) is 1. The molecule has 1 aliphatic rings. The van der Waals surface area contributed by atoms with Gasteiger partial charge in [0.2, 0.25) is 5.95 Å². The molecule has 0 saturated carbocycles. The van der Waals surface area contributed by atoms with Crippen molar-refractivity contribution in [2.75, 3.05) is 37.8 Å². The largest absolute Gasteiger partial charge is 0.372 e. The third-order valence-electron chi connectivity index (χ3n) is 6.21. The molecule has 2 atom stereocenters. The molecule has 9 nitrogen and oxygen atoms in total. The lowest BCUT2D eigenvalue weighted by Gasteiger charge is -2.32. The minimum absolute atomic E-state index is 0.330. The van der Waals surface area contributed by atoms with Crippen molar-refractivity contribution in [1.82, 2.24) is 34.4 Å². The Labute approximate surface area is 193 Å². The third-order valence-corrected chi connectivity index (χ3v) is 6.21. The van der Waals surface area contributed by atoms with Crippen LogP contribution in [-0.2, 0) is 6.54 Å². The van der Waals surface area contributed by atoms with Gasteiger partial charge in [0.25, 0.3) is 6.43 Å². The number of alkyl halides is 3. The smallest absolute Gasteiger partial charge is 0.256 e. The highest BCUT2D eigenvalue weighted by Gasteiger charge is 2.28. The number of aromatic nitrogens is 6. The van der Waals surface area contributed by atoms with Gasteiger partial charge in [0.15, 0.2) is 5.65 Å². The number of aryl methyl sites for hydroxylation is 1. The Hall–Kier alpha value is -3.41. The number of anilines is 2. The Balaban J connectivity index is 1.53. The zero-order valence-electron chi connectivity index (χ0n) is 19.1. The Bertz CT molecular complexity index is 1330. The summed E-state index contributed by atoms with van der Waals surface area (Å²) in [5.41, 5.74) is 2.80. The lowest BCUT2D eigenvalue weighted by atomic mass is 10.0. The second-order valence-electron chi connectivity index (χ2n) is 8.59. The zero-order chi connectivity index (χ0) is 24.0. The van der Waals surface area contributed by atoms with Gasteiger partial charge in [-0.3, -0.25) is 0 Å². The SMILES string of the molecule is CNc1nc(N[C@H]2CCN(C)C[C@@H]2F)nc2[nH]cc(-c3ccc4nc(C)n(CC(F)F)c4n3)c12. The van der Waals surface area contributed by atoms with Gasteiger partial charge < -0.3 is 25.1 Å². The lowest BCUT2D eigenvalue weighted by molar-refractivity contribution is 0.127. The standard InChI is InChI=1S/C22H26F3N9/c1-11-28-16-5-4-14(29-21(16)34(11)10-17(24)25)12-8-27-20-18(12)19(26-2)31-22(32-20)30-15-6-7-33(3)9-13(15)23/h4-5,8,13,15,17H,6-7,9-10H2,1-3H3,(H3,26,27,30,31,32)/t13-,15-/m0/s1.